The minimum Gasteiger partial charge on any atom is -0.497 e. The number of benzene rings is 2. The predicted octanol–water partition coefficient (Wildman–Crippen LogP) is 3.30. The second-order valence-electron chi connectivity index (χ2n) is 6.14. The van der Waals surface area contributed by atoms with Crippen molar-refractivity contribution in [3.63, 3.8) is 0 Å². The number of ether oxygens (including phenoxy) is 1. The Labute approximate surface area is 160 Å². The quantitative estimate of drug-likeness (QED) is 0.597. The summed E-state index contributed by atoms with van der Waals surface area (Å²) in [6.45, 7) is 3.27. The first-order valence-corrected chi connectivity index (χ1v) is 10.2. The summed E-state index contributed by atoms with van der Waals surface area (Å²) in [6.07, 6.45) is 3.59. The summed E-state index contributed by atoms with van der Waals surface area (Å²) >= 11 is 0. The van der Waals surface area contributed by atoms with Crippen molar-refractivity contribution in [2.45, 2.75) is 31.5 Å². The molecule has 3 rings (SSSR count). The molecule has 142 valence electrons. The van der Waals surface area contributed by atoms with Crippen molar-refractivity contribution < 1.29 is 13.2 Å². The van der Waals surface area contributed by atoms with Crippen molar-refractivity contribution in [2.24, 2.45) is 0 Å². The van der Waals surface area contributed by atoms with E-state index < -0.39 is 10.0 Å². The molecule has 0 unspecified atom stereocenters. The minimum absolute atomic E-state index is 0.238. The highest BCUT2D eigenvalue weighted by Gasteiger charge is 2.25. The molecule has 0 aliphatic carbocycles. The first-order valence-electron chi connectivity index (χ1n) is 8.72. The number of sulfonamides is 1. The largest absolute Gasteiger partial charge is 0.497 e. The van der Waals surface area contributed by atoms with Gasteiger partial charge in [0.25, 0.3) is 0 Å². The van der Waals surface area contributed by atoms with Crippen LogP contribution in [0.2, 0.25) is 0 Å². The van der Waals surface area contributed by atoms with Crippen LogP contribution in [0.1, 0.15) is 18.1 Å². The smallest absolute Gasteiger partial charge is 0.243 e. The summed E-state index contributed by atoms with van der Waals surface area (Å²) in [5, 5.41) is 4.25. The molecule has 0 radical (unpaired) electrons. The van der Waals surface area contributed by atoms with Gasteiger partial charge in [0, 0.05) is 31.4 Å². The van der Waals surface area contributed by atoms with E-state index in [9.17, 15) is 8.42 Å². The van der Waals surface area contributed by atoms with Gasteiger partial charge in [-0.05, 0) is 36.8 Å². The zero-order chi connectivity index (χ0) is 19.3. The van der Waals surface area contributed by atoms with E-state index in [1.807, 2.05) is 43.5 Å². The van der Waals surface area contributed by atoms with Crippen LogP contribution in [0.15, 0.2) is 71.9 Å². The predicted molar refractivity (Wildman–Crippen MR) is 104 cm³/mol. The Hall–Kier alpha value is -2.64. The molecule has 2 aromatic carbocycles. The Bertz CT molecular complexity index is 967. The summed E-state index contributed by atoms with van der Waals surface area (Å²) < 4.78 is 34.9. The molecule has 3 aromatic rings. The van der Waals surface area contributed by atoms with Crippen LogP contribution in [0.4, 0.5) is 0 Å². The molecule has 0 aliphatic heterocycles. The van der Waals surface area contributed by atoms with Crippen molar-refractivity contribution in [1.29, 1.82) is 0 Å². The lowest BCUT2D eigenvalue weighted by Crippen LogP contribution is -2.30. The molecule has 0 saturated carbocycles. The maximum atomic E-state index is 13.3. The molecule has 0 aliphatic rings. The second kappa shape index (κ2) is 8.37. The summed E-state index contributed by atoms with van der Waals surface area (Å²) in [5.74, 6) is 0.618. The van der Waals surface area contributed by atoms with E-state index in [1.165, 1.54) is 4.31 Å². The minimum atomic E-state index is -3.68. The molecular weight excluding hydrogens is 362 g/mol. The average Bonchev–Trinajstić information content (AvgIpc) is 3.16. The average molecular weight is 385 g/mol. The fourth-order valence-electron chi connectivity index (χ4n) is 2.77. The second-order valence-corrected chi connectivity index (χ2v) is 8.08. The van der Waals surface area contributed by atoms with E-state index >= 15 is 0 Å². The standard InChI is InChI=1S/C20H23N3O3S/c1-3-22-14-18(13-21-22)16-23(15-17-7-5-4-6-8-17)27(24,25)20-11-9-19(26-2)10-12-20/h4-14H,3,15-16H2,1-2H3. The van der Waals surface area contributed by atoms with Crippen LogP contribution in [0.5, 0.6) is 5.75 Å². The molecule has 0 amide bonds. The molecule has 0 N–H and O–H groups in total. The molecule has 1 aromatic heterocycles. The molecule has 0 spiro atoms. The molecule has 6 nitrogen and oxygen atoms in total. The first kappa shape index (κ1) is 19.1. The van der Waals surface area contributed by atoms with Crippen molar-refractivity contribution in [1.82, 2.24) is 14.1 Å². The fourth-order valence-corrected chi connectivity index (χ4v) is 4.19. The van der Waals surface area contributed by atoms with E-state index in [0.717, 1.165) is 17.7 Å². The Balaban J connectivity index is 1.93. The monoisotopic (exact) mass is 385 g/mol. The highest BCUT2D eigenvalue weighted by molar-refractivity contribution is 7.89. The van der Waals surface area contributed by atoms with Gasteiger partial charge in [-0.2, -0.15) is 9.40 Å². The SMILES string of the molecule is CCn1cc(CN(Cc2ccccc2)S(=O)(=O)c2ccc(OC)cc2)cn1. The normalized spacial score (nSPS) is 11.7. The van der Waals surface area contributed by atoms with Gasteiger partial charge in [0.05, 0.1) is 18.2 Å². The van der Waals surface area contributed by atoms with Gasteiger partial charge in [-0.25, -0.2) is 8.42 Å². The summed E-state index contributed by atoms with van der Waals surface area (Å²) in [6, 6.07) is 16.0. The van der Waals surface area contributed by atoms with Gasteiger partial charge >= 0.3 is 0 Å². The third-order valence-corrected chi connectivity index (χ3v) is 6.07. The van der Waals surface area contributed by atoms with Crippen LogP contribution in [-0.2, 0) is 29.7 Å². The third kappa shape index (κ3) is 4.56. The number of hydrogen-bond donors (Lipinski definition) is 0. The van der Waals surface area contributed by atoms with Gasteiger partial charge in [-0.3, -0.25) is 4.68 Å². The van der Waals surface area contributed by atoms with Gasteiger partial charge in [0.15, 0.2) is 0 Å². The number of nitrogens with zero attached hydrogens (tertiary/aromatic N) is 3. The number of methoxy groups -OCH3 is 1. The molecule has 1 heterocycles. The van der Waals surface area contributed by atoms with Gasteiger partial charge in [-0.1, -0.05) is 30.3 Å². The maximum Gasteiger partial charge on any atom is 0.243 e. The Morgan fingerprint density at radius 2 is 1.67 bits per heavy atom. The van der Waals surface area contributed by atoms with E-state index in [4.69, 9.17) is 4.74 Å². The van der Waals surface area contributed by atoms with Crippen molar-refractivity contribution in [3.8, 4) is 5.75 Å². The Morgan fingerprint density at radius 1 is 1.00 bits per heavy atom. The Kier molecular flexibility index (Phi) is 5.93. The molecule has 0 fully saturated rings. The van der Waals surface area contributed by atoms with Crippen LogP contribution >= 0.6 is 0 Å². The van der Waals surface area contributed by atoms with E-state index in [0.29, 0.717) is 5.75 Å². The number of aromatic nitrogens is 2. The van der Waals surface area contributed by atoms with Gasteiger partial charge in [0.2, 0.25) is 10.0 Å². The summed E-state index contributed by atoms with van der Waals surface area (Å²) in [4.78, 5) is 0.238. The van der Waals surface area contributed by atoms with E-state index in [1.54, 1.807) is 42.3 Å². The maximum absolute atomic E-state index is 13.3. The molecule has 0 saturated heterocycles. The zero-order valence-electron chi connectivity index (χ0n) is 15.4. The number of hydrogen-bond acceptors (Lipinski definition) is 4. The van der Waals surface area contributed by atoms with E-state index in [2.05, 4.69) is 5.10 Å². The molecule has 0 bridgehead atoms. The van der Waals surface area contributed by atoms with Crippen molar-refractivity contribution >= 4 is 10.0 Å². The van der Waals surface area contributed by atoms with Crippen LogP contribution in [0, 0.1) is 0 Å². The third-order valence-electron chi connectivity index (χ3n) is 4.27. The molecular formula is C20H23N3O3S. The molecule has 27 heavy (non-hydrogen) atoms. The topological polar surface area (TPSA) is 64.4 Å². The van der Waals surface area contributed by atoms with Crippen LogP contribution in [0.3, 0.4) is 0 Å². The van der Waals surface area contributed by atoms with Gasteiger partial charge in [0.1, 0.15) is 5.75 Å². The van der Waals surface area contributed by atoms with Crippen LogP contribution in [0.25, 0.3) is 0 Å². The lowest BCUT2D eigenvalue weighted by molar-refractivity contribution is 0.400. The molecule has 0 atom stereocenters. The number of aryl methyl sites for hydroxylation is 1. The number of rotatable bonds is 8. The lowest BCUT2D eigenvalue weighted by atomic mass is 10.2. The Morgan fingerprint density at radius 3 is 2.26 bits per heavy atom. The zero-order valence-corrected chi connectivity index (χ0v) is 16.3. The first-order chi connectivity index (χ1) is 13.0. The highest BCUT2D eigenvalue weighted by atomic mass is 32.2. The van der Waals surface area contributed by atoms with Crippen molar-refractivity contribution in [3.05, 3.63) is 78.1 Å². The fraction of sp³-hybridized carbons (Fsp3) is 0.250. The summed E-state index contributed by atoms with van der Waals surface area (Å²) in [7, 11) is -2.13. The lowest BCUT2D eigenvalue weighted by Gasteiger charge is -2.22. The van der Waals surface area contributed by atoms with E-state index in [-0.39, 0.29) is 18.0 Å². The van der Waals surface area contributed by atoms with Crippen molar-refractivity contribution in [2.75, 3.05) is 7.11 Å². The molecule has 7 heteroatoms. The van der Waals surface area contributed by atoms with Crippen LogP contribution in [-0.4, -0.2) is 29.6 Å². The van der Waals surface area contributed by atoms with Gasteiger partial charge in [-0.15, -0.1) is 0 Å². The summed E-state index contributed by atoms with van der Waals surface area (Å²) in [5.41, 5.74) is 1.78. The van der Waals surface area contributed by atoms with Gasteiger partial charge < -0.3 is 4.74 Å². The highest BCUT2D eigenvalue weighted by Crippen LogP contribution is 2.23. The van der Waals surface area contributed by atoms with Crippen LogP contribution < -0.4 is 4.74 Å².